The van der Waals surface area contributed by atoms with E-state index in [2.05, 4.69) is 39.8 Å². The van der Waals surface area contributed by atoms with Crippen molar-refractivity contribution in [2.24, 2.45) is 34.2 Å². The molecule has 1 heterocycles. The Hall–Kier alpha value is -1.50. The summed E-state index contributed by atoms with van der Waals surface area (Å²) in [4.78, 5) is 25.5. The second-order valence-electron chi connectivity index (χ2n) is 7.01. The van der Waals surface area contributed by atoms with Crippen LogP contribution in [0, 0.1) is 32.7 Å². The van der Waals surface area contributed by atoms with Crippen molar-refractivity contribution in [1.82, 2.24) is 5.01 Å². The van der Waals surface area contributed by atoms with Crippen LogP contribution in [0.4, 0.5) is 0 Å². The van der Waals surface area contributed by atoms with E-state index in [0.29, 0.717) is 0 Å². The molecule has 2 saturated carbocycles. The lowest BCUT2D eigenvalue weighted by Crippen LogP contribution is -2.30. The van der Waals surface area contributed by atoms with E-state index >= 15 is 0 Å². The highest BCUT2D eigenvalue weighted by Gasteiger charge is 2.73. The largest absolute Gasteiger partial charge is 0.272 e. The molecular formula is C18H15IN2O2. The Morgan fingerprint density at radius 2 is 1.61 bits per heavy atom. The van der Waals surface area contributed by atoms with Gasteiger partial charge in [-0.15, -0.1) is 0 Å². The SMILES string of the molecule is O=C1C2C(C(=O)N1/N=C/c1ccc(I)cc1)C1C=CC2C12CC2. The lowest BCUT2D eigenvalue weighted by molar-refractivity contribution is -0.141. The third kappa shape index (κ3) is 1.74. The molecule has 0 radical (unpaired) electrons. The normalized spacial score (nSPS) is 35.8. The van der Waals surface area contributed by atoms with E-state index in [9.17, 15) is 9.59 Å². The van der Waals surface area contributed by atoms with Crippen LogP contribution >= 0.6 is 22.6 Å². The van der Waals surface area contributed by atoms with E-state index in [1.165, 1.54) is 0 Å². The first kappa shape index (κ1) is 13.9. The highest BCUT2D eigenvalue weighted by molar-refractivity contribution is 14.1. The summed E-state index contributed by atoms with van der Waals surface area (Å²) >= 11 is 2.24. The molecule has 1 aliphatic heterocycles. The van der Waals surface area contributed by atoms with Gasteiger partial charge in [0.1, 0.15) is 0 Å². The Kier molecular flexibility index (Phi) is 2.73. The van der Waals surface area contributed by atoms with Gasteiger partial charge in [-0.3, -0.25) is 9.59 Å². The Balaban J connectivity index is 1.43. The number of hydrogen-bond donors (Lipinski definition) is 0. The van der Waals surface area contributed by atoms with Gasteiger partial charge >= 0.3 is 0 Å². The van der Waals surface area contributed by atoms with Crippen molar-refractivity contribution < 1.29 is 9.59 Å². The molecule has 2 amide bonds. The molecule has 4 atom stereocenters. The van der Waals surface area contributed by atoms with Gasteiger partial charge in [-0.25, -0.2) is 0 Å². The van der Waals surface area contributed by atoms with Crippen LogP contribution in [0.2, 0.25) is 0 Å². The third-order valence-corrected chi connectivity index (χ3v) is 6.74. The first-order chi connectivity index (χ1) is 11.1. The number of rotatable bonds is 2. The number of amides is 2. The Bertz CT molecular complexity index is 745. The third-order valence-electron chi connectivity index (χ3n) is 6.02. The van der Waals surface area contributed by atoms with Crippen molar-refractivity contribution in [1.29, 1.82) is 0 Å². The molecule has 1 spiro atoms. The first-order valence-corrected chi connectivity index (χ1v) is 9.05. The number of fused-ring (bicyclic) bond motifs is 3. The second kappa shape index (κ2) is 4.53. The van der Waals surface area contributed by atoms with Crippen molar-refractivity contribution >= 4 is 40.6 Å². The Labute approximate surface area is 147 Å². The molecule has 4 aliphatic rings. The van der Waals surface area contributed by atoms with Crippen LogP contribution in [0.15, 0.2) is 41.5 Å². The summed E-state index contributed by atoms with van der Waals surface area (Å²) in [6.45, 7) is 0. The minimum Gasteiger partial charge on any atom is -0.272 e. The summed E-state index contributed by atoms with van der Waals surface area (Å²) in [7, 11) is 0. The average molecular weight is 418 g/mol. The van der Waals surface area contributed by atoms with Crippen LogP contribution in [-0.4, -0.2) is 23.0 Å². The van der Waals surface area contributed by atoms with Gasteiger partial charge in [0, 0.05) is 3.57 Å². The molecule has 2 bridgehead atoms. The molecule has 5 rings (SSSR count). The molecule has 5 heteroatoms. The monoisotopic (exact) mass is 418 g/mol. The zero-order valence-electron chi connectivity index (χ0n) is 12.4. The quantitative estimate of drug-likeness (QED) is 0.321. The highest BCUT2D eigenvalue weighted by atomic mass is 127. The van der Waals surface area contributed by atoms with Gasteiger partial charge in [0.15, 0.2) is 0 Å². The summed E-state index contributed by atoms with van der Waals surface area (Å²) < 4.78 is 1.14. The number of allylic oxidation sites excluding steroid dienone is 2. The van der Waals surface area contributed by atoms with Crippen molar-refractivity contribution in [2.75, 3.05) is 0 Å². The van der Waals surface area contributed by atoms with E-state index < -0.39 is 0 Å². The molecule has 3 fully saturated rings. The number of halogens is 1. The van der Waals surface area contributed by atoms with Crippen molar-refractivity contribution in [3.8, 4) is 0 Å². The lowest BCUT2D eigenvalue weighted by Gasteiger charge is -2.18. The molecule has 1 saturated heterocycles. The second-order valence-corrected chi connectivity index (χ2v) is 8.25. The average Bonchev–Trinajstić information content (AvgIpc) is 3.15. The fraction of sp³-hybridized carbons (Fsp3) is 0.389. The van der Waals surface area contributed by atoms with Gasteiger partial charge < -0.3 is 0 Å². The first-order valence-electron chi connectivity index (χ1n) is 7.97. The standard InChI is InChI=1S/C18H15IN2O2/c19-11-3-1-10(2-4-11)9-20-21-16(22)14-12-5-6-13(15(14)17(21)23)18(12)7-8-18/h1-6,9,12-15H,7-8H2/b20-9+. The van der Waals surface area contributed by atoms with E-state index in [-0.39, 0.29) is 40.9 Å². The topological polar surface area (TPSA) is 49.7 Å². The van der Waals surface area contributed by atoms with Gasteiger partial charge in [-0.1, -0.05) is 24.3 Å². The van der Waals surface area contributed by atoms with E-state index in [4.69, 9.17) is 0 Å². The number of carbonyl (C=O) groups excluding carboxylic acids is 2. The number of carbonyl (C=O) groups is 2. The summed E-state index contributed by atoms with van der Waals surface area (Å²) in [5.41, 5.74) is 1.13. The fourth-order valence-corrected chi connectivity index (χ4v) is 5.21. The maximum Gasteiger partial charge on any atom is 0.254 e. The molecule has 4 nitrogen and oxygen atoms in total. The summed E-state index contributed by atoms with van der Waals surface area (Å²) in [5.74, 6) is -0.0441. The molecule has 3 aliphatic carbocycles. The lowest BCUT2D eigenvalue weighted by atomic mass is 9.85. The van der Waals surface area contributed by atoms with Gasteiger partial charge in [0.25, 0.3) is 11.8 Å². The number of nitrogens with zero attached hydrogens (tertiary/aromatic N) is 2. The highest BCUT2D eigenvalue weighted by Crippen LogP contribution is 2.73. The maximum absolute atomic E-state index is 12.7. The van der Waals surface area contributed by atoms with Crippen molar-refractivity contribution in [2.45, 2.75) is 12.8 Å². The van der Waals surface area contributed by atoms with Crippen LogP contribution < -0.4 is 0 Å². The van der Waals surface area contributed by atoms with E-state index in [1.807, 2.05) is 24.3 Å². The Morgan fingerprint density at radius 3 is 2.13 bits per heavy atom. The predicted molar refractivity (Wildman–Crippen MR) is 93.4 cm³/mol. The molecule has 0 N–H and O–H groups in total. The van der Waals surface area contributed by atoms with Gasteiger partial charge in [-0.2, -0.15) is 10.1 Å². The van der Waals surface area contributed by atoms with Crippen molar-refractivity contribution in [3.63, 3.8) is 0 Å². The minimum absolute atomic E-state index is 0.107. The summed E-state index contributed by atoms with van der Waals surface area (Å²) in [5, 5.41) is 5.33. The molecule has 1 aromatic rings. The van der Waals surface area contributed by atoms with Gasteiger partial charge in [0.05, 0.1) is 18.1 Å². The predicted octanol–water partition coefficient (Wildman–Crippen LogP) is 2.82. The van der Waals surface area contributed by atoms with Crippen molar-refractivity contribution in [3.05, 3.63) is 45.6 Å². The van der Waals surface area contributed by atoms with Crippen LogP contribution in [0.25, 0.3) is 0 Å². The minimum atomic E-state index is -0.172. The summed E-state index contributed by atoms with van der Waals surface area (Å²) in [6.07, 6.45) is 8.28. The molecule has 0 aromatic heterocycles. The van der Waals surface area contributed by atoms with Gasteiger partial charge in [0.2, 0.25) is 0 Å². The molecule has 116 valence electrons. The molecule has 4 unspecified atom stereocenters. The molecular weight excluding hydrogens is 403 g/mol. The van der Waals surface area contributed by atoms with Crippen LogP contribution in [0.5, 0.6) is 0 Å². The van der Waals surface area contributed by atoms with E-state index in [0.717, 1.165) is 27.0 Å². The number of benzene rings is 1. The fourth-order valence-electron chi connectivity index (χ4n) is 4.85. The zero-order chi connectivity index (χ0) is 15.8. The molecule has 1 aromatic carbocycles. The number of hydrazone groups is 1. The number of hydrogen-bond acceptors (Lipinski definition) is 3. The zero-order valence-corrected chi connectivity index (χ0v) is 14.5. The van der Waals surface area contributed by atoms with Crippen LogP contribution in [0.3, 0.4) is 0 Å². The number of imide groups is 1. The molecule has 23 heavy (non-hydrogen) atoms. The smallest absolute Gasteiger partial charge is 0.254 e. The van der Waals surface area contributed by atoms with Crippen LogP contribution in [0.1, 0.15) is 18.4 Å². The van der Waals surface area contributed by atoms with Crippen LogP contribution in [-0.2, 0) is 9.59 Å². The summed E-state index contributed by atoms with van der Waals surface area (Å²) in [6, 6.07) is 7.82. The Morgan fingerprint density at radius 1 is 1.04 bits per heavy atom. The maximum atomic E-state index is 12.7. The van der Waals surface area contributed by atoms with Gasteiger partial charge in [-0.05, 0) is 70.4 Å². The van der Waals surface area contributed by atoms with E-state index in [1.54, 1.807) is 6.21 Å².